The van der Waals surface area contributed by atoms with Gasteiger partial charge >= 0.3 is 0 Å². The van der Waals surface area contributed by atoms with Gasteiger partial charge in [0.05, 0.1) is 4.92 Å². The molecule has 0 bridgehead atoms. The van der Waals surface area contributed by atoms with Gasteiger partial charge in [0.25, 0.3) is 5.69 Å². The molecule has 0 atom stereocenters. The number of nitro benzene ring substituents is 1. The van der Waals surface area contributed by atoms with Gasteiger partial charge in [0.15, 0.2) is 0 Å². The van der Waals surface area contributed by atoms with Gasteiger partial charge in [0.2, 0.25) is 0 Å². The highest BCUT2D eigenvalue weighted by Gasteiger charge is 2.13. The van der Waals surface area contributed by atoms with Crippen LogP contribution in [0.3, 0.4) is 0 Å². The molecule has 6 heteroatoms. The van der Waals surface area contributed by atoms with Crippen molar-refractivity contribution >= 4 is 5.69 Å². The molecule has 0 saturated heterocycles. The lowest BCUT2D eigenvalue weighted by Crippen LogP contribution is -1.99. The fraction of sp³-hybridized carbons (Fsp3) is 0. The molecule has 6 nitrogen and oxygen atoms in total. The van der Waals surface area contributed by atoms with Gasteiger partial charge in [-0.2, -0.15) is 5.10 Å². The zero-order valence-corrected chi connectivity index (χ0v) is 7.07. The molecule has 0 aliphatic rings. The molecule has 0 radical (unpaired) electrons. The van der Waals surface area contributed by atoms with Crippen molar-refractivity contribution in [1.29, 1.82) is 0 Å². The van der Waals surface area contributed by atoms with E-state index < -0.39 is 4.92 Å². The Kier molecular flexibility index (Phi) is 1.94. The van der Waals surface area contributed by atoms with Crippen molar-refractivity contribution in [2.75, 3.05) is 0 Å². The standard InChI is InChI=1S/C8H6N4O2/c13-12(14)8-4-2-1-3-7(8)11-6-9-5-10-11/h1-6H. The highest BCUT2D eigenvalue weighted by atomic mass is 16.6. The Balaban J connectivity index is 2.58. The van der Waals surface area contributed by atoms with Crippen molar-refractivity contribution in [3.63, 3.8) is 0 Å². The minimum Gasteiger partial charge on any atom is -0.258 e. The first-order chi connectivity index (χ1) is 6.79. The molecular weight excluding hydrogens is 184 g/mol. The van der Waals surface area contributed by atoms with E-state index in [1.54, 1.807) is 18.2 Å². The second-order valence-electron chi connectivity index (χ2n) is 2.59. The summed E-state index contributed by atoms with van der Waals surface area (Å²) in [5, 5.41) is 14.5. The van der Waals surface area contributed by atoms with Crippen molar-refractivity contribution < 1.29 is 4.92 Å². The molecule has 0 unspecified atom stereocenters. The number of rotatable bonds is 2. The summed E-state index contributed by atoms with van der Waals surface area (Å²) < 4.78 is 1.36. The van der Waals surface area contributed by atoms with Gasteiger partial charge in [0.1, 0.15) is 18.3 Å². The molecule has 2 rings (SSSR count). The summed E-state index contributed by atoms with van der Waals surface area (Å²) in [6.45, 7) is 0. The Morgan fingerprint density at radius 2 is 2.14 bits per heavy atom. The third-order valence-corrected chi connectivity index (χ3v) is 1.74. The molecule has 1 aromatic carbocycles. The van der Waals surface area contributed by atoms with Crippen molar-refractivity contribution in [2.45, 2.75) is 0 Å². The quantitative estimate of drug-likeness (QED) is 0.526. The van der Waals surface area contributed by atoms with E-state index in [0.717, 1.165) is 0 Å². The zero-order valence-electron chi connectivity index (χ0n) is 7.07. The van der Waals surface area contributed by atoms with Crippen LogP contribution in [0.1, 0.15) is 0 Å². The Hall–Kier alpha value is -2.24. The maximum Gasteiger partial charge on any atom is 0.294 e. The third-order valence-electron chi connectivity index (χ3n) is 1.74. The second kappa shape index (κ2) is 3.25. The minimum absolute atomic E-state index is 0.0120. The summed E-state index contributed by atoms with van der Waals surface area (Å²) in [4.78, 5) is 13.9. The monoisotopic (exact) mass is 190 g/mol. The molecule has 0 aliphatic heterocycles. The Labute approximate surface area is 79.0 Å². The number of benzene rings is 1. The highest BCUT2D eigenvalue weighted by molar-refractivity contribution is 5.51. The molecule has 0 saturated carbocycles. The van der Waals surface area contributed by atoms with E-state index >= 15 is 0 Å². The Morgan fingerprint density at radius 1 is 1.36 bits per heavy atom. The molecule has 0 spiro atoms. The van der Waals surface area contributed by atoms with Crippen LogP contribution < -0.4 is 0 Å². The van der Waals surface area contributed by atoms with E-state index in [1.807, 2.05) is 0 Å². The van der Waals surface area contributed by atoms with Crippen LogP contribution >= 0.6 is 0 Å². The molecule has 0 aliphatic carbocycles. The van der Waals surface area contributed by atoms with Crippen LogP contribution in [0, 0.1) is 10.1 Å². The molecular formula is C8H6N4O2. The van der Waals surface area contributed by atoms with Gasteiger partial charge in [-0.05, 0) is 6.07 Å². The van der Waals surface area contributed by atoms with Gasteiger partial charge in [-0.15, -0.1) is 0 Å². The molecule has 0 fully saturated rings. The maximum absolute atomic E-state index is 10.7. The first-order valence-corrected chi connectivity index (χ1v) is 3.87. The molecule has 0 N–H and O–H groups in total. The van der Waals surface area contributed by atoms with Crippen LogP contribution in [0.25, 0.3) is 5.69 Å². The summed E-state index contributed by atoms with van der Waals surface area (Å²) in [5.74, 6) is 0. The fourth-order valence-corrected chi connectivity index (χ4v) is 1.14. The van der Waals surface area contributed by atoms with Gasteiger partial charge in [-0.25, -0.2) is 9.67 Å². The van der Waals surface area contributed by atoms with Crippen LogP contribution in [0.4, 0.5) is 5.69 Å². The predicted molar refractivity (Wildman–Crippen MR) is 48.0 cm³/mol. The van der Waals surface area contributed by atoms with E-state index in [4.69, 9.17) is 0 Å². The van der Waals surface area contributed by atoms with Gasteiger partial charge in [-0.3, -0.25) is 10.1 Å². The first-order valence-electron chi connectivity index (χ1n) is 3.87. The molecule has 1 heterocycles. The lowest BCUT2D eigenvalue weighted by atomic mass is 10.3. The van der Waals surface area contributed by atoms with Crippen molar-refractivity contribution in [3.8, 4) is 5.69 Å². The first kappa shape index (κ1) is 8.36. The van der Waals surface area contributed by atoms with Gasteiger partial charge in [-0.1, -0.05) is 12.1 Å². The normalized spacial score (nSPS) is 10.0. The van der Waals surface area contributed by atoms with Crippen LogP contribution in [-0.2, 0) is 0 Å². The number of aromatic nitrogens is 3. The van der Waals surface area contributed by atoms with E-state index in [2.05, 4.69) is 10.1 Å². The number of para-hydroxylation sites is 2. The third kappa shape index (κ3) is 1.33. The lowest BCUT2D eigenvalue weighted by molar-refractivity contribution is -0.384. The van der Waals surface area contributed by atoms with Crippen LogP contribution in [-0.4, -0.2) is 19.7 Å². The number of nitro groups is 1. The van der Waals surface area contributed by atoms with Crippen molar-refractivity contribution in [3.05, 3.63) is 47.0 Å². The maximum atomic E-state index is 10.7. The molecule has 2 aromatic rings. The summed E-state index contributed by atoms with van der Waals surface area (Å²) in [6.07, 6.45) is 2.75. The zero-order chi connectivity index (χ0) is 9.97. The topological polar surface area (TPSA) is 73.8 Å². The van der Waals surface area contributed by atoms with Crippen LogP contribution in [0.5, 0.6) is 0 Å². The summed E-state index contributed by atoms with van der Waals surface area (Å²) >= 11 is 0. The minimum atomic E-state index is -0.447. The summed E-state index contributed by atoms with van der Waals surface area (Å²) in [7, 11) is 0. The number of hydrogen-bond acceptors (Lipinski definition) is 4. The molecule has 1 aromatic heterocycles. The smallest absolute Gasteiger partial charge is 0.258 e. The molecule has 0 amide bonds. The average molecular weight is 190 g/mol. The van der Waals surface area contributed by atoms with Crippen LogP contribution in [0.2, 0.25) is 0 Å². The highest BCUT2D eigenvalue weighted by Crippen LogP contribution is 2.20. The van der Waals surface area contributed by atoms with Gasteiger partial charge < -0.3 is 0 Å². The van der Waals surface area contributed by atoms with Crippen molar-refractivity contribution in [1.82, 2.24) is 14.8 Å². The SMILES string of the molecule is O=[N+]([O-])c1ccccc1-n1cncn1. The lowest BCUT2D eigenvalue weighted by Gasteiger charge is -2.00. The molecule has 70 valence electrons. The Bertz CT molecular complexity index is 452. The van der Waals surface area contributed by atoms with Gasteiger partial charge in [0, 0.05) is 6.07 Å². The van der Waals surface area contributed by atoms with Crippen molar-refractivity contribution in [2.24, 2.45) is 0 Å². The van der Waals surface area contributed by atoms with E-state index in [-0.39, 0.29) is 5.69 Å². The summed E-state index contributed by atoms with van der Waals surface area (Å²) in [5.41, 5.74) is 0.424. The molecule has 14 heavy (non-hydrogen) atoms. The van der Waals surface area contributed by atoms with E-state index in [1.165, 1.54) is 23.4 Å². The fourth-order valence-electron chi connectivity index (χ4n) is 1.14. The predicted octanol–water partition coefficient (Wildman–Crippen LogP) is 1.18. The number of hydrogen-bond donors (Lipinski definition) is 0. The van der Waals surface area contributed by atoms with E-state index in [0.29, 0.717) is 5.69 Å². The van der Waals surface area contributed by atoms with E-state index in [9.17, 15) is 10.1 Å². The second-order valence-corrected chi connectivity index (χ2v) is 2.59. The largest absolute Gasteiger partial charge is 0.294 e. The average Bonchev–Trinajstić information content (AvgIpc) is 2.70. The number of nitrogens with zero attached hydrogens (tertiary/aromatic N) is 4. The van der Waals surface area contributed by atoms with Crippen LogP contribution in [0.15, 0.2) is 36.9 Å². The summed E-state index contributed by atoms with van der Waals surface area (Å²) in [6, 6.07) is 6.37. The Morgan fingerprint density at radius 3 is 2.79 bits per heavy atom.